The lowest BCUT2D eigenvalue weighted by Crippen LogP contribution is -2.05. The second-order valence-electron chi connectivity index (χ2n) is 2.18. The topological polar surface area (TPSA) is 52.3 Å². The van der Waals surface area contributed by atoms with Gasteiger partial charge in [-0.05, 0) is 11.6 Å². The monoisotopic (exact) mass is 163 g/mol. The molecule has 1 aromatic rings. The van der Waals surface area contributed by atoms with Crippen molar-refractivity contribution in [2.75, 3.05) is 0 Å². The average molecular weight is 163 g/mol. The molecular weight excluding hydrogens is 154 g/mol. The molecule has 1 rings (SSSR count). The van der Waals surface area contributed by atoms with Crippen molar-refractivity contribution in [3.05, 3.63) is 42.0 Å². The quantitative estimate of drug-likeness (QED) is 0.525. The molecule has 2 N–H and O–H groups in total. The zero-order valence-electron chi connectivity index (χ0n) is 6.44. The third kappa shape index (κ3) is 2.56. The molecule has 0 radical (unpaired) electrons. The highest BCUT2D eigenvalue weighted by atomic mass is 16.7. The van der Waals surface area contributed by atoms with Gasteiger partial charge in [-0.3, -0.25) is 0 Å². The number of hydrogen-bond acceptors (Lipinski definition) is 3. The molecule has 3 nitrogen and oxygen atoms in total. The molecule has 0 aliphatic heterocycles. The molecule has 3 heteroatoms. The Morgan fingerprint density at radius 3 is 2.58 bits per heavy atom. The number of rotatable bonds is 2. The van der Waals surface area contributed by atoms with Crippen molar-refractivity contribution in [1.82, 2.24) is 0 Å². The first kappa shape index (κ1) is 8.49. The van der Waals surface area contributed by atoms with Gasteiger partial charge in [0.05, 0.1) is 0 Å². The van der Waals surface area contributed by atoms with Gasteiger partial charge < -0.3 is 4.84 Å². The van der Waals surface area contributed by atoms with Crippen LogP contribution < -0.4 is 5.90 Å². The van der Waals surface area contributed by atoms with Gasteiger partial charge in [0.25, 0.3) is 0 Å². The van der Waals surface area contributed by atoms with Gasteiger partial charge in [0, 0.05) is 6.08 Å². The summed E-state index contributed by atoms with van der Waals surface area (Å²) in [5.74, 6) is 4.08. The molecule has 0 aliphatic carbocycles. The average Bonchev–Trinajstić information content (AvgIpc) is 2.16. The van der Waals surface area contributed by atoms with Gasteiger partial charge in [0.2, 0.25) is 0 Å². The lowest BCUT2D eigenvalue weighted by atomic mass is 10.2. The van der Waals surface area contributed by atoms with Crippen LogP contribution in [0.5, 0.6) is 0 Å². The molecule has 0 atom stereocenters. The maximum atomic E-state index is 10.6. The van der Waals surface area contributed by atoms with Crippen LogP contribution in [0.2, 0.25) is 0 Å². The van der Waals surface area contributed by atoms with E-state index in [2.05, 4.69) is 10.7 Å². The van der Waals surface area contributed by atoms with Crippen molar-refractivity contribution in [1.29, 1.82) is 0 Å². The third-order valence-corrected chi connectivity index (χ3v) is 1.33. The molecule has 0 aliphatic rings. The summed E-state index contributed by atoms with van der Waals surface area (Å²) in [5, 5.41) is 0. The summed E-state index contributed by atoms with van der Waals surface area (Å²) in [4.78, 5) is 14.5. The zero-order chi connectivity index (χ0) is 8.81. The molecular formula is C9H9NO2. The van der Waals surface area contributed by atoms with E-state index < -0.39 is 5.97 Å². The smallest absolute Gasteiger partial charge is 0.349 e. The molecule has 0 fully saturated rings. The van der Waals surface area contributed by atoms with Gasteiger partial charge in [0.1, 0.15) is 0 Å². The summed E-state index contributed by atoms with van der Waals surface area (Å²) in [6.07, 6.45) is 2.91. The number of nitrogens with two attached hydrogens (primary N) is 1. The van der Waals surface area contributed by atoms with E-state index in [1.165, 1.54) is 6.08 Å². The lowest BCUT2D eigenvalue weighted by Gasteiger charge is -1.90. The molecule has 0 saturated heterocycles. The Bertz CT molecular complexity index is 280. The fraction of sp³-hybridized carbons (Fsp3) is 0. The van der Waals surface area contributed by atoms with E-state index in [-0.39, 0.29) is 0 Å². The van der Waals surface area contributed by atoms with Gasteiger partial charge in [-0.15, -0.1) is 0 Å². The fourth-order valence-corrected chi connectivity index (χ4v) is 0.768. The largest absolute Gasteiger partial charge is 0.370 e. The first-order valence-corrected chi connectivity index (χ1v) is 3.47. The minimum atomic E-state index is -0.557. The summed E-state index contributed by atoms with van der Waals surface area (Å²) in [5.41, 5.74) is 0.933. The minimum absolute atomic E-state index is 0.557. The Labute approximate surface area is 70.4 Å². The van der Waals surface area contributed by atoms with E-state index in [9.17, 15) is 4.79 Å². The van der Waals surface area contributed by atoms with Crippen molar-refractivity contribution in [2.24, 2.45) is 5.90 Å². The van der Waals surface area contributed by atoms with Crippen LogP contribution in [-0.4, -0.2) is 5.97 Å². The number of carbonyl (C=O) groups excluding carboxylic acids is 1. The maximum Gasteiger partial charge on any atom is 0.349 e. The highest BCUT2D eigenvalue weighted by Crippen LogP contribution is 2.00. The normalized spacial score (nSPS) is 10.1. The Morgan fingerprint density at radius 2 is 2.00 bits per heavy atom. The van der Waals surface area contributed by atoms with E-state index in [1.54, 1.807) is 6.08 Å². The van der Waals surface area contributed by atoms with E-state index >= 15 is 0 Å². The highest BCUT2D eigenvalue weighted by molar-refractivity contribution is 5.86. The van der Waals surface area contributed by atoms with Gasteiger partial charge in [-0.2, -0.15) is 5.90 Å². The fourth-order valence-electron chi connectivity index (χ4n) is 0.768. The highest BCUT2D eigenvalue weighted by Gasteiger charge is 1.90. The van der Waals surface area contributed by atoms with Crippen LogP contribution in [0.4, 0.5) is 0 Å². The minimum Gasteiger partial charge on any atom is -0.370 e. The molecule has 0 heterocycles. The van der Waals surface area contributed by atoms with Crippen LogP contribution in [-0.2, 0) is 9.63 Å². The van der Waals surface area contributed by atoms with E-state index in [1.807, 2.05) is 30.3 Å². The van der Waals surface area contributed by atoms with Crippen LogP contribution in [0.15, 0.2) is 36.4 Å². The van der Waals surface area contributed by atoms with Crippen molar-refractivity contribution >= 4 is 12.0 Å². The van der Waals surface area contributed by atoms with Crippen molar-refractivity contribution in [3.8, 4) is 0 Å². The van der Waals surface area contributed by atoms with E-state index in [0.717, 1.165) is 5.56 Å². The lowest BCUT2D eigenvalue weighted by molar-refractivity contribution is -0.138. The summed E-state index contributed by atoms with van der Waals surface area (Å²) in [7, 11) is 0. The van der Waals surface area contributed by atoms with Gasteiger partial charge in [0.15, 0.2) is 0 Å². The Hall–Kier alpha value is -1.61. The summed E-state index contributed by atoms with van der Waals surface area (Å²) in [6.45, 7) is 0. The molecule has 0 unspecified atom stereocenters. The molecule has 0 saturated carbocycles. The Balaban J connectivity index is 2.64. The van der Waals surface area contributed by atoms with Gasteiger partial charge >= 0.3 is 5.97 Å². The van der Waals surface area contributed by atoms with E-state index in [0.29, 0.717) is 0 Å². The zero-order valence-corrected chi connectivity index (χ0v) is 6.44. The Kier molecular flexibility index (Phi) is 3.04. The van der Waals surface area contributed by atoms with Gasteiger partial charge in [-0.25, -0.2) is 4.79 Å². The van der Waals surface area contributed by atoms with Crippen molar-refractivity contribution in [2.45, 2.75) is 0 Å². The molecule has 62 valence electrons. The predicted octanol–water partition coefficient (Wildman–Crippen LogP) is 1.12. The van der Waals surface area contributed by atoms with Crippen molar-refractivity contribution in [3.63, 3.8) is 0 Å². The first-order chi connectivity index (χ1) is 5.83. The molecule has 0 bridgehead atoms. The molecule has 12 heavy (non-hydrogen) atoms. The number of hydrogen-bond donors (Lipinski definition) is 1. The molecule has 0 amide bonds. The first-order valence-electron chi connectivity index (χ1n) is 3.47. The second kappa shape index (κ2) is 4.31. The number of carbonyl (C=O) groups is 1. The Morgan fingerprint density at radius 1 is 1.33 bits per heavy atom. The van der Waals surface area contributed by atoms with Crippen LogP contribution >= 0.6 is 0 Å². The molecule has 1 aromatic carbocycles. The van der Waals surface area contributed by atoms with Crippen LogP contribution in [0.3, 0.4) is 0 Å². The van der Waals surface area contributed by atoms with E-state index in [4.69, 9.17) is 0 Å². The summed E-state index contributed by atoms with van der Waals surface area (Å²) < 4.78 is 0. The summed E-state index contributed by atoms with van der Waals surface area (Å²) in [6, 6.07) is 9.42. The van der Waals surface area contributed by atoms with Crippen LogP contribution in [0.25, 0.3) is 6.08 Å². The SMILES string of the molecule is NOC(=O)/C=C/c1ccccc1. The predicted molar refractivity (Wildman–Crippen MR) is 45.8 cm³/mol. The molecule has 0 aromatic heterocycles. The number of benzene rings is 1. The van der Waals surface area contributed by atoms with Crippen LogP contribution in [0.1, 0.15) is 5.56 Å². The third-order valence-electron chi connectivity index (χ3n) is 1.33. The maximum absolute atomic E-state index is 10.6. The van der Waals surface area contributed by atoms with Gasteiger partial charge in [-0.1, -0.05) is 30.3 Å². The summed E-state index contributed by atoms with van der Waals surface area (Å²) >= 11 is 0. The van der Waals surface area contributed by atoms with Crippen LogP contribution in [0, 0.1) is 0 Å². The molecule has 0 spiro atoms. The second-order valence-corrected chi connectivity index (χ2v) is 2.18. The standard InChI is InChI=1S/C9H9NO2/c10-12-9(11)7-6-8-4-2-1-3-5-8/h1-7H,10H2/b7-6+. The van der Waals surface area contributed by atoms with Crippen molar-refractivity contribution < 1.29 is 9.63 Å².